The maximum Gasteiger partial charge on any atom is 0.261 e. The van der Waals surface area contributed by atoms with Gasteiger partial charge in [0, 0.05) is 29.3 Å². The molecular weight excluding hydrogens is 473 g/mol. The topological polar surface area (TPSA) is 126 Å². The monoisotopic (exact) mass is 489 g/mol. The van der Waals surface area contributed by atoms with E-state index in [0.717, 1.165) is 12.1 Å². The molecule has 0 atom stereocenters. The molecule has 0 saturated heterocycles. The molecule has 9 nitrogen and oxygen atoms in total. The van der Waals surface area contributed by atoms with Crippen molar-refractivity contribution in [3.05, 3.63) is 59.5 Å². The predicted octanol–water partition coefficient (Wildman–Crippen LogP) is 4.19. The number of carbonyl (C=O) groups excluding carboxylic acids is 1. The number of amides is 1. The summed E-state index contributed by atoms with van der Waals surface area (Å²) in [6.07, 6.45) is 1.51. The number of H-pyrrole nitrogens is 1. The first-order valence-electron chi connectivity index (χ1n) is 9.45. The summed E-state index contributed by atoms with van der Waals surface area (Å²) < 4.78 is 47.3. The Bertz CT molecular complexity index is 1470. The maximum atomic E-state index is 13.6. The molecule has 2 aromatic carbocycles. The molecule has 3 N–H and O–H groups in total. The molecule has 170 valence electrons. The van der Waals surface area contributed by atoms with Gasteiger partial charge in [-0.15, -0.1) is 0 Å². The summed E-state index contributed by atoms with van der Waals surface area (Å²) in [5, 5.41) is 9.96. The third-order valence-corrected chi connectivity index (χ3v) is 6.21. The number of aromatic nitrogens is 3. The van der Waals surface area contributed by atoms with Crippen molar-refractivity contribution in [1.29, 1.82) is 0 Å². The largest absolute Gasteiger partial charge is 0.496 e. The third kappa shape index (κ3) is 4.73. The van der Waals surface area contributed by atoms with Gasteiger partial charge in [0.1, 0.15) is 17.4 Å². The molecular formula is C21H17ClFN5O4S. The Morgan fingerprint density at radius 3 is 2.67 bits per heavy atom. The summed E-state index contributed by atoms with van der Waals surface area (Å²) in [5.41, 5.74) is 1.31. The van der Waals surface area contributed by atoms with Gasteiger partial charge in [0.2, 0.25) is 5.91 Å². The highest BCUT2D eigenvalue weighted by Crippen LogP contribution is 2.35. The first-order chi connectivity index (χ1) is 15.7. The van der Waals surface area contributed by atoms with Gasteiger partial charge >= 0.3 is 0 Å². The van der Waals surface area contributed by atoms with Gasteiger partial charge in [-0.25, -0.2) is 17.8 Å². The summed E-state index contributed by atoms with van der Waals surface area (Å²) in [4.78, 5) is 15.6. The van der Waals surface area contributed by atoms with Crippen molar-refractivity contribution in [3.8, 4) is 16.9 Å². The van der Waals surface area contributed by atoms with Gasteiger partial charge < -0.3 is 10.1 Å². The highest BCUT2D eigenvalue weighted by molar-refractivity contribution is 7.92. The molecule has 4 rings (SSSR count). The predicted molar refractivity (Wildman–Crippen MR) is 122 cm³/mol. The molecule has 1 amide bonds. The van der Waals surface area contributed by atoms with Crippen molar-refractivity contribution in [2.45, 2.75) is 11.8 Å². The number of sulfonamides is 1. The van der Waals surface area contributed by atoms with Crippen LogP contribution >= 0.6 is 11.6 Å². The van der Waals surface area contributed by atoms with E-state index in [1.54, 1.807) is 6.07 Å². The molecule has 0 aliphatic carbocycles. The van der Waals surface area contributed by atoms with Crippen molar-refractivity contribution >= 4 is 50.1 Å². The van der Waals surface area contributed by atoms with Crippen molar-refractivity contribution in [2.75, 3.05) is 17.1 Å². The number of hydrogen-bond acceptors (Lipinski definition) is 6. The Balaban J connectivity index is 1.77. The molecule has 12 heteroatoms. The van der Waals surface area contributed by atoms with E-state index in [1.807, 2.05) is 0 Å². The number of anilines is 2. The Morgan fingerprint density at radius 1 is 1.18 bits per heavy atom. The van der Waals surface area contributed by atoms with Gasteiger partial charge in [0.05, 0.1) is 23.1 Å². The molecule has 0 radical (unpaired) electrons. The maximum absolute atomic E-state index is 13.6. The fraction of sp³-hybridized carbons (Fsp3) is 0.0952. The molecule has 0 unspecified atom stereocenters. The second-order valence-corrected chi connectivity index (χ2v) is 9.12. The van der Waals surface area contributed by atoms with Gasteiger partial charge in [0.15, 0.2) is 5.65 Å². The minimum atomic E-state index is -4.08. The minimum Gasteiger partial charge on any atom is -0.496 e. The van der Waals surface area contributed by atoms with Crippen molar-refractivity contribution in [2.24, 2.45) is 0 Å². The Morgan fingerprint density at radius 2 is 1.97 bits per heavy atom. The number of rotatable bonds is 6. The Kier molecular flexibility index (Phi) is 5.91. The van der Waals surface area contributed by atoms with Gasteiger partial charge in [0.25, 0.3) is 10.0 Å². The molecule has 0 aliphatic rings. The standard InChI is InChI=1S/C21H17ClFN5O4S/c1-11(29)25-21-18-5-12(10-24-20(18)26-27-21)17-9-16(3-4-19(17)32-2)33(30,31)28-15-7-13(22)6-14(23)8-15/h3-10,28H,1-2H3,(H2,24,25,26,27,29). The summed E-state index contributed by atoms with van der Waals surface area (Å²) in [5.74, 6) is -0.210. The van der Waals surface area contributed by atoms with E-state index < -0.39 is 15.8 Å². The summed E-state index contributed by atoms with van der Waals surface area (Å²) >= 11 is 5.82. The molecule has 0 spiro atoms. The van der Waals surface area contributed by atoms with Crippen LogP contribution in [-0.4, -0.2) is 36.6 Å². The molecule has 2 heterocycles. The van der Waals surface area contributed by atoms with E-state index in [2.05, 4.69) is 25.2 Å². The lowest BCUT2D eigenvalue weighted by Gasteiger charge is -2.13. The third-order valence-electron chi connectivity index (χ3n) is 4.62. The van der Waals surface area contributed by atoms with Crippen LogP contribution in [0.2, 0.25) is 5.02 Å². The molecule has 4 aromatic rings. The van der Waals surface area contributed by atoms with Crippen LogP contribution in [0.15, 0.2) is 53.6 Å². The van der Waals surface area contributed by atoms with E-state index in [0.29, 0.717) is 33.7 Å². The van der Waals surface area contributed by atoms with E-state index in [-0.39, 0.29) is 21.5 Å². The highest BCUT2D eigenvalue weighted by atomic mass is 35.5. The normalized spacial score (nSPS) is 11.4. The van der Waals surface area contributed by atoms with Crippen LogP contribution in [-0.2, 0) is 14.8 Å². The number of pyridine rings is 1. The molecule has 0 saturated carbocycles. The molecule has 0 aliphatic heterocycles. The van der Waals surface area contributed by atoms with Gasteiger partial charge in [-0.1, -0.05) is 11.6 Å². The van der Waals surface area contributed by atoms with E-state index in [1.165, 1.54) is 44.5 Å². The van der Waals surface area contributed by atoms with Crippen LogP contribution in [0, 0.1) is 5.82 Å². The zero-order valence-corrected chi connectivity index (χ0v) is 18.9. The number of nitrogens with one attached hydrogen (secondary N) is 3. The number of halogens is 2. The minimum absolute atomic E-state index is 0.0150. The molecule has 0 bridgehead atoms. The zero-order chi connectivity index (χ0) is 23.8. The fourth-order valence-corrected chi connectivity index (χ4v) is 4.51. The first-order valence-corrected chi connectivity index (χ1v) is 11.3. The van der Waals surface area contributed by atoms with Crippen LogP contribution in [0.5, 0.6) is 5.75 Å². The molecule has 33 heavy (non-hydrogen) atoms. The number of carbonyl (C=O) groups is 1. The lowest BCUT2D eigenvalue weighted by Crippen LogP contribution is -2.13. The number of benzene rings is 2. The number of hydrogen-bond donors (Lipinski definition) is 3. The quantitative estimate of drug-likeness (QED) is 0.373. The van der Waals surface area contributed by atoms with E-state index >= 15 is 0 Å². The van der Waals surface area contributed by atoms with Crippen LogP contribution in [0.4, 0.5) is 15.9 Å². The summed E-state index contributed by atoms with van der Waals surface area (Å²) in [6.45, 7) is 1.36. The van der Waals surface area contributed by atoms with Crippen LogP contribution in [0.3, 0.4) is 0 Å². The zero-order valence-electron chi connectivity index (χ0n) is 17.3. The first kappa shape index (κ1) is 22.5. The van der Waals surface area contributed by atoms with Crippen molar-refractivity contribution in [1.82, 2.24) is 15.2 Å². The van der Waals surface area contributed by atoms with Gasteiger partial charge in [-0.2, -0.15) is 5.10 Å². The number of nitrogens with zero attached hydrogens (tertiary/aromatic N) is 2. The van der Waals surface area contributed by atoms with E-state index in [4.69, 9.17) is 16.3 Å². The highest BCUT2D eigenvalue weighted by Gasteiger charge is 2.19. The second-order valence-electron chi connectivity index (χ2n) is 7.00. The Hall–Kier alpha value is -3.70. The Labute approximate surface area is 193 Å². The van der Waals surface area contributed by atoms with Crippen LogP contribution < -0.4 is 14.8 Å². The molecule has 0 fully saturated rings. The summed E-state index contributed by atoms with van der Waals surface area (Å²) in [7, 11) is -2.63. The molecule has 2 aromatic heterocycles. The van der Waals surface area contributed by atoms with Crippen molar-refractivity contribution < 1.29 is 22.3 Å². The average Bonchev–Trinajstić information content (AvgIpc) is 3.13. The fourth-order valence-electron chi connectivity index (χ4n) is 3.22. The number of aromatic amines is 1. The number of methoxy groups -OCH3 is 1. The average molecular weight is 490 g/mol. The van der Waals surface area contributed by atoms with Gasteiger partial charge in [-0.3, -0.25) is 14.6 Å². The lowest BCUT2D eigenvalue weighted by molar-refractivity contribution is -0.114. The number of ether oxygens (including phenoxy) is 1. The summed E-state index contributed by atoms with van der Waals surface area (Å²) in [6, 6.07) is 9.35. The van der Waals surface area contributed by atoms with Gasteiger partial charge in [-0.05, 0) is 42.5 Å². The van der Waals surface area contributed by atoms with Crippen molar-refractivity contribution in [3.63, 3.8) is 0 Å². The van der Waals surface area contributed by atoms with Crippen LogP contribution in [0.1, 0.15) is 6.92 Å². The SMILES string of the molecule is COc1ccc(S(=O)(=O)Nc2cc(F)cc(Cl)c2)cc1-c1cnc2n[nH]c(NC(C)=O)c2c1. The van der Waals surface area contributed by atoms with E-state index in [9.17, 15) is 17.6 Å². The smallest absolute Gasteiger partial charge is 0.261 e. The number of fused-ring (bicyclic) bond motifs is 1. The van der Waals surface area contributed by atoms with Crippen LogP contribution in [0.25, 0.3) is 22.2 Å². The second kappa shape index (κ2) is 8.68. The lowest BCUT2D eigenvalue weighted by atomic mass is 10.1.